The van der Waals surface area contributed by atoms with Crippen molar-refractivity contribution in [3.05, 3.63) is 58.4 Å². The highest BCUT2D eigenvalue weighted by molar-refractivity contribution is 7.17. The van der Waals surface area contributed by atoms with Crippen molar-refractivity contribution in [3.63, 3.8) is 0 Å². The average Bonchev–Trinajstić information content (AvgIpc) is 3.55. The molecule has 0 bridgehead atoms. The van der Waals surface area contributed by atoms with Crippen molar-refractivity contribution in [1.29, 1.82) is 5.41 Å². The molecule has 0 spiro atoms. The number of likely N-dealkylation sites (N-methyl/N-ethyl adjacent to an activating group) is 1. The lowest BCUT2D eigenvalue weighted by Crippen LogP contribution is -2.36. The maximum absolute atomic E-state index is 13.1. The lowest BCUT2D eigenvalue weighted by atomic mass is 10.0. The number of unbranched alkanes of at least 4 members (excludes halogenated alkanes) is 1. The van der Waals surface area contributed by atoms with Crippen LogP contribution in [0.25, 0.3) is 10.9 Å². The number of carbonyl (C=O) groups excluding carboxylic acids is 1. The van der Waals surface area contributed by atoms with Gasteiger partial charge in [-0.2, -0.15) is 0 Å². The normalized spacial score (nSPS) is 14.8. The molecule has 1 amide bonds. The molecule has 7 nitrogen and oxygen atoms in total. The number of nitrogens with one attached hydrogen (secondary N) is 4. The summed E-state index contributed by atoms with van der Waals surface area (Å²) in [4.78, 5) is 23.6. The highest BCUT2D eigenvalue weighted by Crippen LogP contribution is 2.28. The van der Waals surface area contributed by atoms with Crippen LogP contribution in [0.1, 0.15) is 41.4 Å². The lowest BCUT2D eigenvalue weighted by Gasteiger charge is -2.18. The minimum Gasteiger partial charge on any atom is -0.390 e. The minimum atomic E-state index is -0.0667. The summed E-state index contributed by atoms with van der Waals surface area (Å²) >= 11 is 1.41. The van der Waals surface area contributed by atoms with Crippen molar-refractivity contribution in [2.24, 2.45) is 0 Å². The van der Waals surface area contributed by atoms with Gasteiger partial charge in [0.05, 0.1) is 12.7 Å². The molecule has 1 aliphatic heterocycles. The van der Waals surface area contributed by atoms with Crippen LogP contribution in [0.2, 0.25) is 0 Å². The Morgan fingerprint density at radius 3 is 2.97 bits per heavy atom. The van der Waals surface area contributed by atoms with Gasteiger partial charge in [0.25, 0.3) is 5.91 Å². The van der Waals surface area contributed by atoms with Crippen LogP contribution in [0.5, 0.6) is 0 Å². The highest BCUT2D eigenvalue weighted by Gasteiger charge is 2.24. The molecular weight excluding hydrogens is 420 g/mol. The summed E-state index contributed by atoms with van der Waals surface area (Å²) in [6.45, 7) is 3.48. The maximum atomic E-state index is 13.1. The van der Waals surface area contributed by atoms with E-state index in [4.69, 9.17) is 5.41 Å². The summed E-state index contributed by atoms with van der Waals surface area (Å²) in [7, 11) is 1.87. The van der Waals surface area contributed by atoms with Gasteiger partial charge in [0, 0.05) is 54.2 Å². The molecule has 168 valence electrons. The van der Waals surface area contributed by atoms with Crippen LogP contribution in [0, 0.1) is 5.41 Å². The molecule has 0 aliphatic carbocycles. The van der Waals surface area contributed by atoms with Crippen molar-refractivity contribution in [1.82, 2.24) is 20.6 Å². The number of hydrogen-bond acceptors (Lipinski definition) is 6. The molecule has 1 aliphatic rings. The number of rotatable bonds is 10. The molecule has 4 N–H and O–H groups in total. The van der Waals surface area contributed by atoms with Gasteiger partial charge in [0.1, 0.15) is 4.88 Å². The second-order valence-corrected chi connectivity index (χ2v) is 9.15. The third-order valence-corrected chi connectivity index (χ3v) is 7.00. The van der Waals surface area contributed by atoms with E-state index in [0.29, 0.717) is 18.0 Å². The van der Waals surface area contributed by atoms with Crippen molar-refractivity contribution in [2.75, 3.05) is 25.0 Å². The summed E-state index contributed by atoms with van der Waals surface area (Å²) in [5.74, 6) is -0.0667. The van der Waals surface area contributed by atoms with E-state index < -0.39 is 0 Å². The number of fused-ring (bicyclic) bond motifs is 1. The molecule has 2 aromatic heterocycles. The van der Waals surface area contributed by atoms with Crippen molar-refractivity contribution >= 4 is 39.5 Å². The number of hydrogen-bond donors (Lipinski definition) is 4. The first kappa shape index (κ1) is 22.1. The van der Waals surface area contributed by atoms with E-state index in [2.05, 4.69) is 56.8 Å². The Morgan fingerprint density at radius 1 is 1.38 bits per heavy atom. The first-order chi connectivity index (χ1) is 15.6. The SMILES string of the molecule is CCCCC(Cc1c[nH]c2ccccc12)NC(=O)c1cnc(N2CC(C=N)=C(NC)C2)s1. The van der Waals surface area contributed by atoms with Gasteiger partial charge in [0.2, 0.25) is 0 Å². The molecular formula is C24H30N6OS. The van der Waals surface area contributed by atoms with E-state index in [0.717, 1.165) is 47.6 Å². The van der Waals surface area contributed by atoms with E-state index in [1.807, 2.05) is 13.1 Å². The van der Waals surface area contributed by atoms with E-state index in [-0.39, 0.29) is 11.9 Å². The number of thiazole rings is 1. The smallest absolute Gasteiger partial charge is 0.263 e. The fourth-order valence-electron chi connectivity index (χ4n) is 4.17. The third-order valence-electron chi connectivity index (χ3n) is 5.94. The molecule has 1 unspecified atom stereocenters. The molecule has 0 saturated carbocycles. The van der Waals surface area contributed by atoms with Crippen molar-refractivity contribution in [2.45, 2.75) is 38.6 Å². The van der Waals surface area contributed by atoms with Gasteiger partial charge in [-0.05, 0) is 24.5 Å². The van der Waals surface area contributed by atoms with E-state index in [1.54, 1.807) is 6.20 Å². The zero-order valence-corrected chi connectivity index (χ0v) is 19.4. The number of carbonyl (C=O) groups is 1. The fraction of sp³-hybridized carbons (Fsp3) is 0.375. The molecule has 0 radical (unpaired) electrons. The molecule has 1 aromatic carbocycles. The van der Waals surface area contributed by atoms with Gasteiger partial charge in [-0.3, -0.25) is 4.79 Å². The molecule has 0 saturated heterocycles. The Labute approximate surface area is 192 Å². The number of amides is 1. The first-order valence-electron chi connectivity index (χ1n) is 11.1. The van der Waals surface area contributed by atoms with Crippen molar-refractivity contribution in [3.8, 4) is 0 Å². The van der Waals surface area contributed by atoms with Crippen LogP contribution < -0.4 is 15.5 Å². The van der Waals surface area contributed by atoms with Crippen molar-refractivity contribution < 1.29 is 4.79 Å². The number of nitrogens with zero attached hydrogens (tertiary/aromatic N) is 2. The fourth-order valence-corrected chi connectivity index (χ4v) is 4.99. The van der Waals surface area contributed by atoms with E-state index >= 15 is 0 Å². The summed E-state index contributed by atoms with van der Waals surface area (Å²) in [5, 5.41) is 16.0. The van der Waals surface area contributed by atoms with Crippen LogP contribution in [0.15, 0.2) is 47.9 Å². The summed E-state index contributed by atoms with van der Waals surface area (Å²) in [5.41, 5.74) is 4.33. The summed E-state index contributed by atoms with van der Waals surface area (Å²) in [6.07, 6.45) is 9.01. The summed E-state index contributed by atoms with van der Waals surface area (Å²) in [6, 6.07) is 8.35. The van der Waals surface area contributed by atoms with Crippen LogP contribution in [0.3, 0.4) is 0 Å². The second-order valence-electron chi connectivity index (χ2n) is 8.14. The molecule has 8 heteroatoms. The van der Waals surface area contributed by atoms with E-state index in [1.165, 1.54) is 28.5 Å². The standard InChI is InChI=1S/C24H30N6OS/c1-3-4-7-18(10-16-12-27-20-9-6-5-8-19(16)20)29-23(31)22-13-28-24(32-22)30-14-17(11-25)21(15-30)26-2/h5-6,8-9,11-13,18,25-27H,3-4,7,10,14-15H2,1-2H3,(H,29,31). The monoisotopic (exact) mass is 450 g/mol. The average molecular weight is 451 g/mol. The largest absolute Gasteiger partial charge is 0.390 e. The molecule has 32 heavy (non-hydrogen) atoms. The number of H-pyrrole nitrogens is 1. The molecule has 4 rings (SSSR count). The van der Waals surface area contributed by atoms with Crippen LogP contribution in [-0.2, 0) is 6.42 Å². The molecule has 3 heterocycles. The van der Waals surface area contributed by atoms with Crippen LogP contribution >= 0.6 is 11.3 Å². The van der Waals surface area contributed by atoms with Gasteiger partial charge in [-0.1, -0.05) is 49.3 Å². The number of aromatic nitrogens is 2. The number of para-hydroxylation sites is 1. The van der Waals surface area contributed by atoms with E-state index in [9.17, 15) is 4.79 Å². The van der Waals surface area contributed by atoms with Crippen LogP contribution in [0.4, 0.5) is 5.13 Å². The summed E-state index contributed by atoms with van der Waals surface area (Å²) < 4.78 is 0. The Morgan fingerprint density at radius 2 is 2.22 bits per heavy atom. The first-order valence-corrected chi connectivity index (χ1v) is 11.9. The zero-order valence-electron chi connectivity index (χ0n) is 18.6. The minimum absolute atomic E-state index is 0.0667. The van der Waals surface area contributed by atoms with Gasteiger partial charge < -0.3 is 25.9 Å². The molecule has 0 fully saturated rings. The number of benzene rings is 1. The quantitative estimate of drug-likeness (QED) is 0.350. The van der Waals surface area contributed by atoms with Gasteiger partial charge in [-0.15, -0.1) is 0 Å². The Bertz CT molecular complexity index is 1130. The Balaban J connectivity index is 1.44. The van der Waals surface area contributed by atoms with Gasteiger partial charge in [-0.25, -0.2) is 4.98 Å². The van der Waals surface area contributed by atoms with Gasteiger partial charge >= 0.3 is 0 Å². The molecule has 1 atom stereocenters. The predicted octanol–water partition coefficient (Wildman–Crippen LogP) is 4.10. The predicted molar refractivity (Wildman–Crippen MR) is 132 cm³/mol. The lowest BCUT2D eigenvalue weighted by molar-refractivity contribution is 0.0938. The van der Waals surface area contributed by atoms with Gasteiger partial charge in [0.15, 0.2) is 5.13 Å². The van der Waals surface area contributed by atoms with Crippen LogP contribution in [-0.4, -0.2) is 48.3 Å². The highest BCUT2D eigenvalue weighted by atomic mass is 32.1. The number of aromatic amines is 1. The zero-order chi connectivity index (χ0) is 22.5. The Hall–Kier alpha value is -3.13. The maximum Gasteiger partial charge on any atom is 0.263 e. The Kier molecular flexibility index (Phi) is 6.90. The second kappa shape index (κ2) is 9.99. The molecule has 3 aromatic rings. The third kappa shape index (κ3) is 4.70. The topological polar surface area (TPSA) is 96.9 Å². The number of anilines is 1.